The topological polar surface area (TPSA) is 17.1 Å². The molecule has 0 aliphatic heterocycles. The number of rotatable bonds is 14. The molecule has 0 aromatic rings. The first-order valence-electron chi connectivity index (χ1n) is 7.85. The minimum atomic E-state index is 0. The summed E-state index contributed by atoms with van der Waals surface area (Å²) in [5.74, 6) is 0. The normalized spacial score (nSPS) is 10.1. The van der Waals surface area contributed by atoms with Gasteiger partial charge in [-0.15, -0.1) is 0 Å². The quantitative estimate of drug-likeness (QED) is 0.298. The Morgan fingerprint density at radius 2 is 0.944 bits per heavy atom. The third kappa shape index (κ3) is 18.6. The van der Waals surface area contributed by atoms with Crippen LogP contribution < -0.4 is 0 Å². The molecule has 0 unspecified atom stereocenters. The zero-order valence-electron chi connectivity index (χ0n) is 12.3. The molecule has 0 aromatic heterocycles. The molecule has 0 heterocycles. The van der Waals surface area contributed by atoms with Crippen LogP contribution in [0.25, 0.3) is 0 Å². The summed E-state index contributed by atoms with van der Waals surface area (Å²) in [6.07, 6.45) is 19.6. The van der Waals surface area contributed by atoms with Gasteiger partial charge in [0.25, 0.3) is 0 Å². The van der Waals surface area contributed by atoms with Crippen LogP contribution in [0.15, 0.2) is 0 Å². The van der Waals surface area contributed by atoms with Gasteiger partial charge < -0.3 is 4.79 Å². The van der Waals surface area contributed by atoms with Crippen LogP contribution in [0.4, 0.5) is 0 Å². The molecule has 0 bridgehead atoms. The van der Waals surface area contributed by atoms with E-state index in [0.717, 1.165) is 19.1 Å². The second-order valence-corrected chi connectivity index (χ2v) is 5.20. The second-order valence-electron chi connectivity index (χ2n) is 5.20. The van der Waals surface area contributed by atoms with Gasteiger partial charge in [0.05, 0.1) is 0 Å². The number of hydrogen-bond acceptors (Lipinski definition) is 1. The largest absolute Gasteiger partial charge is 0.303 e. The van der Waals surface area contributed by atoms with Crippen LogP contribution in [-0.2, 0) is 23.4 Å². The van der Waals surface area contributed by atoms with E-state index >= 15 is 0 Å². The van der Waals surface area contributed by atoms with Gasteiger partial charge in [0.1, 0.15) is 6.29 Å². The monoisotopic (exact) mass is 291 g/mol. The summed E-state index contributed by atoms with van der Waals surface area (Å²) in [5, 5.41) is 0. The summed E-state index contributed by atoms with van der Waals surface area (Å²) in [5.41, 5.74) is 0. The van der Waals surface area contributed by atoms with Crippen molar-refractivity contribution in [3.05, 3.63) is 0 Å². The molecule has 0 aliphatic rings. The summed E-state index contributed by atoms with van der Waals surface area (Å²) in [6.45, 7) is 2.27. The number of aldehydes is 1. The van der Waals surface area contributed by atoms with Gasteiger partial charge in [-0.1, -0.05) is 84.0 Å². The minimum Gasteiger partial charge on any atom is -0.303 e. The first-order valence-corrected chi connectivity index (χ1v) is 7.85. The first-order chi connectivity index (χ1) is 8.41. The summed E-state index contributed by atoms with van der Waals surface area (Å²) >= 11 is 0. The Kier molecular flexibility index (Phi) is 22.4. The Morgan fingerprint density at radius 1 is 0.611 bits per heavy atom. The van der Waals surface area contributed by atoms with Gasteiger partial charge in [-0.2, -0.15) is 0 Å². The smallest absolute Gasteiger partial charge is 0.119 e. The molecule has 1 radical (unpaired) electrons. The molecular weight excluding hydrogens is 259 g/mol. The summed E-state index contributed by atoms with van der Waals surface area (Å²) < 4.78 is 0. The molecule has 0 amide bonds. The summed E-state index contributed by atoms with van der Waals surface area (Å²) in [7, 11) is 0. The summed E-state index contributed by atoms with van der Waals surface area (Å²) in [4.78, 5) is 10.1. The Labute approximate surface area is 126 Å². The van der Waals surface area contributed by atoms with E-state index in [1.807, 2.05) is 0 Å². The molecule has 0 N–H and O–H groups in total. The second kappa shape index (κ2) is 19.6. The third-order valence-electron chi connectivity index (χ3n) is 3.43. The van der Waals surface area contributed by atoms with Crippen LogP contribution in [0.5, 0.6) is 0 Å². The Balaban J connectivity index is 0. The van der Waals surface area contributed by atoms with E-state index in [0.29, 0.717) is 0 Å². The van der Waals surface area contributed by atoms with Crippen molar-refractivity contribution in [2.45, 2.75) is 96.8 Å². The molecule has 107 valence electrons. The Morgan fingerprint density at radius 3 is 1.28 bits per heavy atom. The molecule has 0 atom stereocenters. The predicted octanol–water partition coefficient (Wildman–Crippen LogP) is 5.66. The molecule has 0 saturated heterocycles. The van der Waals surface area contributed by atoms with E-state index in [2.05, 4.69) is 6.92 Å². The molecule has 1 nitrogen and oxygen atoms in total. The van der Waals surface area contributed by atoms with E-state index in [-0.39, 0.29) is 18.6 Å². The number of carbonyl (C=O) groups is 1. The standard InChI is InChI=1S/C16H32O.V/c1-2-3-4-5-6-7-8-9-10-11-12-13-14-15-16-17;/h16H,2-15H2,1H3;. The fourth-order valence-corrected chi connectivity index (χ4v) is 2.25. The van der Waals surface area contributed by atoms with Crippen LogP contribution in [0.2, 0.25) is 0 Å². The van der Waals surface area contributed by atoms with Gasteiger partial charge in [0, 0.05) is 25.0 Å². The zero-order chi connectivity index (χ0) is 12.6. The van der Waals surface area contributed by atoms with Gasteiger partial charge in [-0.3, -0.25) is 0 Å². The molecule has 0 spiro atoms. The zero-order valence-corrected chi connectivity index (χ0v) is 13.7. The maximum absolute atomic E-state index is 10.1. The maximum Gasteiger partial charge on any atom is 0.119 e. The third-order valence-corrected chi connectivity index (χ3v) is 3.43. The number of unbranched alkanes of at least 4 members (excludes halogenated alkanes) is 13. The average Bonchev–Trinajstić information content (AvgIpc) is 2.35. The van der Waals surface area contributed by atoms with Crippen molar-refractivity contribution in [3.8, 4) is 0 Å². The first kappa shape index (κ1) is 20.6. The van der Waals surface area contributed by atoms with Crippen molar-refractivity contribution < 1.29 is 23.4 Å². The van der Waals surface area contributed by atoms with Crippen molar-refractivity contribution in [1.82, 2.24) is 0 Å². The van der Waals surface area contributed by atoms with E-state index in [1.54, 1.807) is 0 Å². The van der Waals surface area contributed by atoms with Gasteiger partial charge in [0.15, 0.2) is 0 Å². The van der Waals surface area contributed by atoms with Crippen molar-refractivity contribution in [2.24, 2.45) is 0 Å². The van der Waals surface area contributed by atoms with Gasteiger partial charge in [-0.05, 0) is 6.42 Å². The molecular formula is C16H32OV. The fourth-order valence-electron chi connectivity index (χ4n) is 2.25. The van der Waals surface area contributed by atoms with E-state index in [4.69, 9.17) is 0 Å². The van der Waals surface area contributed by atoms with Crippen LogP contribution in [0.3, 0.4) is 0 Å². The SMILES string of the molecule is CCCCCCCCCCCCCCCC=O.[V]. The molecule has 0 aliphatic carbocycles. The minimum absolute atomic E-state index is 0. The van der Waals surface area contributed by atoms with E-state index in [9.17, 15) is 4.79 Å². The molecule has 0 saturated carbocycles. The molecule has 0 aromatic carbocycles. The van der Waals surface area contributed by atoms with Crippen molar-refractivity contribution >= 4 is 6.29 Å². The van der Waals surface area contributed by atoms with Gasteiger partial charge in [0.2, 0.25) is 0 Å². The van der Waals surface area contributed by atoms with Gasteiger partial charge in [-0.25, -0.2) is 0 Å². The molecule has 18 heavy (non-hydrogen) atoms. The maximum atomic E-state index is 10.1. The van der Waals surface area contributed by atoms with Crippen LogP contribution in [-0.4, -0.2) is 6.29 Å². The van der Waals surface area contributed by atoms with Crippen LogP contribution in [0.1, 0.15) is 96.8 Å². The van der Waals surface area contributed by atoms with Gasteiger partial charge >= 0.3 is 0 Å². The van der Waals surface area contributed by atoms with Crippen molar-refractivity contribution in [2.75, 3.05) is 0 Å². The average molecular weight is 291 g/mol. The van der Waals surface area contributed by atoms with Crippen molar-refractivity contribution in [1.29, 1.82) is 0 Å². The number of carbonyl (C=O) groups excluding carboxylic acids is 1. The van der Waals surface area contributed by atoms with Crippen LogP contribution >= 0.6 is 0 Å². The molecule has 0 fully saturated rings. The fraction of sp³-hybridized carbons (Fsp3) is 0.938. The van der Waals surface area contributed by atoms with E-state index in [1.165, 1.54) is 77.0 Å². The number of hydrogen-bond donors (Lipinski definition) is 0. The van der Waals surface area contributed by atoms with E-state index < -0.39 is 0 Å². The molecule has 2 heteroatoms. The Hall–Kier alpha value is 0.254. The Bertz CT molecular complexity index is 148. The van der Waals surface area contributed by atoms with Crippen LogP contribution in [0, 0.1) is 0 Å². The summed E-state index contributed by atoms with van der Waals surface area (Å²) in [6, 6.07) is 0. The molecule has 0 rings (SSSR count). The predicted molar refractivity (Wildman–Crippen MR) is 76.4 cm³/mol. The van der Waals surface area contributed by atoms with Crippen molar-refractivity contribution in [3.63, 3.8) is 0 Å².